The molecule has 0 aliphatic rings. The molecule has 0 N–H and O–H groups in total. The molecule has 0 saturated carbocycles. The Kier molecular flexibility index (Phi) is 11.0. The maximum atomic E-state index is 10.5. The average molecular weight is 508 g/mol. The number of hydrogen-bond donors (Lipinski definition) is 0. The molecule has 0 aromatic heterocycles. The Bertz CT molecular complexity index is 1590. The summed E-state index contributed by atoms with van der Waals surface area (Å²) in [6, 6.07) is 13.5. The number of hydrogen-bond acceptors (Lipinski definition) is 13. The van der Waals surface area contributed by atoms with Gasteiger partial charge in [-0.15, -0.1) is 0 Å². The van der Waals surface area contributed by atoms with Crippen molar-refractivity contribution in [3.63, 3.8) is 0 Å². The Morgan fingerprint density at radius 1 is 0.500 bits per heavy atom. The van der Waals surface area contributed by atoms with Gasteiger partial charge in [0.05, 0.1) is 28.4 Å². The molecule has 3 rings (SSSR count). The Labute approximate surface area is 213 Å². The molecular formula is C25H12N6O7. The molecule has 13 nitrogen and oxygen atoms in total. The first-order valence-corrected chi connectivity index (χ1v) is 10.0. The maximum absolute atomic E-state index is 10.5. The van der Waals surface area contributed by atoms with Crippen LogP contribution in [-0.2, 0) is 28.8 Å². The van der Waals surface area contributed by atoms with Crippen LogP contribution in [0.3, 0.4) is 0 Å². The van der Waals surface area contributed by atoms with E-state index in [2.05, 4.69) is 30.0 Å². The van der Waals surface area contributed by atoms with Crippen molar-refractivity contribution in [3.05, 3.63) is 60.2 Å². The maximum Gasteiger partial charge on any atom is 0.240 e. The van der Waals surface area contributed by atoms with Gasteiger partial charge in [-0.3, -0.25) is 0 Å². The van der Waals surface area contributed by atoms with E-state index in [0.717, 1.165) is 0 Å². The van der Waals surface area contributed by atoms with Gasteiger partial charge in [0.25, 0.3) is 0 Å². The van der Waals surface area contributed by atoms with E-state index < -0.39 is 0 Å². The van der Waals surface area contributed by atoms with E-state index in [-0.39, 0.29) is 34.2 Å². The number of ether oxygens (including phenoxy) is 1. The fraction of sp³-hybridized carbons (Fsp3) is 0.0400. The summed E-state index contributed by atoms with van der Waals surface area (Å²) in [6.45, 7) is 1.61. The van der Waals surface area contributed by atoms with Crippen LogP contribution in [0.2, 0.25) is 0 Å². The minimum atomic E-state index is 0.168. The largest absolute Gasteiger partial charge is 0.455 e. The van der Waals surface area contributed by atoms with Crippen LogP contribution in [0.1, 0.15) is 5.56 Å². The minimum Gasteiger partial charge on any atom is -0.455 e. The molecule has 0 aliphatic heterocycles. The smallest absolute Gasteiger partial charge is 0.240 e. The molecule has 0 amide bonds. The van der Waals surface area contributed by atoms with Crippen LogP contribution in [0.25, 0.3) is 0 Å². The molecular weight excluding hydrogens is 496 g/mol. The fourth-order valence-electron chi connectivity index (χ4n) is 2.74. The van der Waals surface area contributed by atoms with Crippen molar-refractivity contribution >= 4 is 70.6 Å². The van der Waals surface area contributed by atoms with E-state index in [1.165, 1.54) is 66.8 Å². The van der Waals surface area contributed by atoms with Gasteiger partial charge in [0.1, 0.15) is 11.4 Å². The monoisotopic (exact) mass is 508 g/mol. The minimum absolute atomic E-state index is 0.168. The van der Waals surface area contributed by atoms with E-state index in [9.17, 15) is 28.8 Å². The first-order chi connectivity index (χ1) is 18.5. The molecule has 0 saturated heterocycles. The van der Waals surface area contributed by atoms with Gasteiger partial charge in [-0.1, -0.05) is 0 Å². The first kappa shape index (κ1) is 28.0. The lowest BCUT2D eigenvalue weighted by atomic mass is 10.1. The lowest BCUT2D eigenvalue weighted by Crippen LogP contribution is -1.84. The fourth-order valence-corrected chi connectivity index (χ4v) is 2.74. The molecule has 0 spiro atoms. The predicted octanol–water partition coefficient (Wildman–Crippen LogP) is 5.28. The van der Waals surface area contributed by atoms with Gasteiger partial charge < -0.3 is 4.74 Å². The van der Waals surface area contributed by atoms with Gasteiger partial charge in [0.15, 0.2) is 5.75 Å². The summed E-state index contributed by atoms with van der Waals surface area (Å²) < 4.78 is 5.58. The van der Waals surface area contributed by atoms with Crippen LogP contribution in [0, 0.1) is 6.92 Å². The Hall–Kier alpha value is -6.26. The molecule has 0 bridgehead atoms. The van der Waals surface area contributed by atoms with Crippen molar-refractivity contribution in [1.29, 1.82) is 0 Å². The number of isocyanates is 6. The molecule has 0 radical (unpaired) electrons. The zero-order chi connectivity index (χ0) is 27.8. The van der Waals surface area contributed by atoms with Crippen molar-refractivity contribution in [2.24, 2.45) is 30.0 Å². The van der Waals surface area contributed by atoms with Crippen molar-refractivity contribution in [2.45, 2.75) is 6.92 Å². The zero-order valence-corrected chi connectivity index (χ0v) is 19.2. The third-order valence-electron chi connectivity index (χ3n) is 4.37. The molecule has 0 atom stereocenters. The van der Waals surface area contributed by atoms with Gasteiger partial charge in [-0.05, 0) is 61.5 Å². The SMILES string of the molecule is Cc1c(N=C=O)cc(N=C=O)cc1N=C=O.O=C=Nc1ccc(Oc2ccc(N=C=O)cc2N=C=O)cc1. The Morgan fingerprint density at radius 3 is 1.45 bits per heavy atom. The normalized spacial score (nSPS) is 8.66. The third kappa shape index (κ3) is 8.20. The van der Waals surface area contributed by atoms with Crippen LogP contribution < -0.4 is 4.74 Å². The molecule has 184 valence electrons. The van der Waals surface area contributed by atoms with Crippen molar-refractivity contribution in [2.75, 3.05) is 0 Å². The highest BCUT2D eigenvalue weighted by atomic mass is 16.5. The number of benzene rings is 3. The second-order valence-corrected chi connectivity index (χ2v) is 6.58. The lowest BCUT2D eigenvalue weighted by Gasteiger charge is -2.08. The molecule has 0 aliphatic carbocycles. The summed E-state index contributed by atoms with van der Waals surface area (Å²) in [5.74, 6) is 0.721. The van der Waals surface area contributed by atoms with Crippen molar-refractivity contribution in [1.82, 2.24) is 0 Å². The van der Waals surface area contributed by atoms with Gasteiger partial charge in [0, 0.05) is 5.56 Å². The standard InChI is InChI=1S/C15H7N3O4.C10H5N3O3/c19-8-16-11-1-4-13(5-2-11)22-15-6-3-12(17-9-20)7-14(15)18-10-21;1-7-9(12-5-15)2-8(11-4-14)3-10(7)13-6-16/h1-7H;2-3H,1H3. The molecule has 0 fully saturated rings. The molecule has 0 unspecified atom stereocenters. The summed E-state index contributed by atoms with van der Waals surface area (Å²) in [5, 5.41) is 0. The second kappa shape index (κ2) is 14.9. The summed E-state index contributed by atoms with van der Waals surface area (Å²) in [4.78, 5) is 81.8. The molecule has 3 aromatic rings. The topological polar surface area (TPSA) is 186 Å². The average Bonchev–Trinajstić information content (AvgIpc) is 2.91. The summed E-state index contributed by atoms with van der Waals surface area (Å²) in [5.41, 5.74) is 2.05. The molecule has 3 aromatic carbocycles. The summed E-state index contributed by atoms with van der Waals surface area (Å²) in [6.07, 6.45) is 8.28. The highest BCUT2D eigenvalue weighted by Gasteiger charge is 2.07. The predicted molar refractivity (Wildman–Crippen MR) is 131 cm³/mol. The van der Waals surface area contributed by atoms with Crippen molar-refractivity contribution in [3.8, 4) is 11.5 Å². The van der Waals surface area contributed by atoms with Gasteiger partial charge >= 0.3 is 0 Å². The van der Waals surface area contributed by atoms with Gasteiger partial charge in [0.2, 0.25) is 36.5 Å². The van der Waals surface area contributed by atoms with Crippen LogP contribution in [-0.4, -0.2) is 36.5 Å². The molecule has 0 heterocycles. The third-order valence-corrected chi connectivity index (χ3v) is 4.37. The Balaban J connectivity index is 0.000000281. The summed E-state index contributed by atoms with van der Waals surface area (Å²) >= 11 is 0. The first-order valence-electron chi connectivity index (χ1n) is 10.0. The summed E-state index contributed by atoms with van der Waals surface area (Å²) in [7, 11) is 0. The van der Waals surface area contributed by atoms with E-state index >= 15 is 0 Å². The second-order valence-electron chi connectivity index (χ2n) is 6.58. The number of nitrogens with zero attached hydrogens (tertiary/aromatic N) is 6. The lowest BCUT2D eigenvalue weighted by molar-refractivity contribution is 0.484. The van der Waals surface area contributed by atoms with Crippen LogP contribution in [0.5, 0.6) is 11.5 Å². The van der Waals surface area contributed by atoms with Gasteiger partial charge in [-0.25, -0.2) is 28.8 Å². The molecule has 13 heteroatoms. The number of carbonyl (C=O) groups excluding carboxylic acids is 6. The number of aliphatic imine (C=N–C) groups is 6. The van der Waals surface area contributed by atoms with Crippen molar-refractivity contribution < 1.29 is 33.5 Å². The van der Waals surface area contributed by atoms with E-state index in [1.807, 2.05) is 0 Å². The van der Waals surface area contributed by atoms with Gasteiger partial charge in [-0.2, -0.15) is 30.0 Å². The van der Waals surface area contributed by atoms with Crippen LogP contribution in [0.15, 0.2) is 84.6 Å². The highest BCUT2D eigenvalue weighted by Crippen LogP contribution is 2.35. The molecule has 38 heavy (non-hydrogen) atoms. The van der Waals surface area contributed by atoms with E-state index in [1.54, 1.807) is 31.2 Å². The van der Waals surface area contributed by atoms with E-state index in [0.29, 0.717) is 17.0 Å². The quantitative estimate of drug-likeness (QED) is 0.292. The highest BCUT2D eigenvalue weighted by molar-refractivity contribution is 5.72. The van der Waals surface area contributed by atoms with Crippen LogP contribution in [0.4, 0.5) is 34.1 Å². The number of rotatable bonds is 8. The zero-order valence-electron chi connectivity index (χ0n) is 19.2. The van der Waals surface area contributed by atoms with Crippen LogP contribution >= 0.6 is 0 Å². The van der Waals surface area contributed by atoms with E-state index in [4.69, 9.17) is 4.74 Å². The Morgan fingerprint density at radius 2 is 0.921 bits per heavy atom.